The van der Waals surface area contributed by atoms with Gasteiger partial charge in [-0.15, -0.1) is 0 Å². The Kier molecular flexibility index (Phi) is 4.74. The maximum absolute atomic E-state index is 12.7. The summed E-state index contributed by atoms with van der Waals surface area (Å²) in [6.45, 7) is 2.05. The lowest BCUT2D eigenvalue weighted by molar-refractivity contribution is 0.102. The first-order valence-corrected chi connectivity index (χ1v) is 10.0. The van der Waals surface area contributed by atoms with Crippen LogP contribution in [0.5, 0.6) is 0 Å². The van der Waals surface area contributed by atoms with Gasteiger partial charge in [0.25, 0.3) is 5.91 Å². The van der Waals surface area contributed by atoms with Crippen molar-refractivity contribution in [2.24, 2.45) is 0 Å². The number of fused-ring (bicyclic) bond motifs is 1. The Morgan fingerprint density at radius 1 is 1.04 bits per heavy atom. The highest BCUT2D eigenvalue weighted by Crippen LogP contribution is 2.28. The average molecular weight is 470 g/mol. The van der Waals surface area contributed by atoms with Gasteiger partial charge >= 0.3 is 0 Å². The molecule has 1 N–H and O–H groups in total. The van der Waals surface area contributed by atoms with Crippen LogP contribution < -0.4 is 5.32 Å². The van der Waals surface area contributed by atoms with Crippen molar-refractivity contribution in [3.8, 4) is 11.1 Å². The second kappa shape index (κ2) is 7.17. The van der Waals surface area contributed by atoms with E-state index >= 15 is 0 Å². The monoisotopic (exact) mass is 470 g/mol. The Balaban J connectivity index is 1.62. The predicted molar refractivity (Wildman–Crippen MR) is 117 cm³/mol. The predicted octanol–water partition coefficient (Wildman–Crippen LogP) is 6.13. The van der Waals surface area contributed by atoms with E-state index in [4.69, 9.17) is 0 Å². The molecule has 0 aliphatic heterocycles. The smallest absolute Gasteiger partial charge is 0.257 e. The van der Waals surface area contributed by atoms with Crippen molar-refractivity contribution in [3.63, 3.8) is 0 Å². The molecule has 0 aliphatic carbocycles. The molecule has 0 unspecified atom stereocenters. The van der Waals surface area contributed by atoms with Gasteiger partial charge in [0.1, 0.15) is 0 Å². The summed E-state index contributed by atoms with van der Waals surface area (Å²) in [5.74, 6) is -0.145. The standard InChI is InChI=1S/C21H15IN2OS/c1-13-9-10-18-19(11-13)26-21(23-18)24-20(25)15-6-4-5-14(12-15)16-7-2-3-8-17(16)22/h2-12H,1H3,(H,23,24,25). The molecule has 0 spiro atoms. The first-order chi connectivity index (χ1) is 12.6. The van der Waals surface area contributed by atoms with Gasteiger partial charge in [-0.05, 0) is 76.5 Å². The summed E-state index contributed by atoms with van der Waals surface area (Å²) in [6.07, 6.45) is 0. The number of nitrogens with one attached hydrogen (secondary N) is 1. The van der Waals surface area contributed by atoms with E-state index in [0.29, 0.717) is 10.7 Å². The quantitative estimate of drug-likeness (QED) is 0.366. The van der Waals surface area contributed by atoms with Crippen molar-refractivity contribution >= 4 is 55.2 Å². The van der Waals surface area contributed by atoms with Crippen molar-refractivity contribution in [2.45, 2.75) is 6.92 Å². The SMILES string of the molecule is Cc1ccc2nc(NC(=O)c3cccc(-c4ccccc4I)c3)sc2c1. The van der Waals surface area contributed by atoms with Gasteiger partial charge in [0, 0.05) is 9.13 Å². The van der Waals surface area contributed by atoms with Crippen molar-refractivity contribution in [2.75, 3.05) is 5.32 Å². The molecule has 0 saturated heterocycles. The van der Waals surface area contributed by atoms with Crippen molar-refractivity contribution in [1.82, 2.24) is 4.98 Å². The molecule has 0 atom stereocenters. The van der Waals surface area contributed by atoms with E-state index in [1.807, 2.05) is 55.5 Å². The van der Waals surface area contributed by atoms with E-state index in [0.717, 1.165) is 24.9 Å². The Labute approximate surface area is 169 Å². The number of hydrogen-bond donors (Lipinski definition) is 1. The first kappa shape index (κ1) is 17.2. The molecule has 0 bridgehead atoms. The molecule has 0 aliphatic rings. The lowest BCUT2D eigenvalue weighted by Gasteiger charge is -2.07. The third-order valence-electron chi connectivity index (χ3n) is 4.07. The van der Waals surface area contributed by atoms with E-state index in [1.54, 1.807) is 0 Å². The summed E-state index contributed by atoms with van der Waals surface area (Å²) in [5.41, 5.74) is 4.87. The first-order valence-electron chi connectivity index (χ1n) is 8.14. The molecule has 4 aromatic rings. The van der Waals surface area contributed by atoms with Crippen LogP contribution in [0.1, 0.15) is 15.9 Å². The molecule has 1 aromatic heterocycles. The second-order valence-electron chi connectivity index (χ2n) is 6.00. The summed E-state index contributed by atoms with van der Waals surface area (Å²) in [5, 5.41) is 3.55. The van der Waals surface area contributed by atoms with Gasteiger partial charge in [0.05, 0.1) is 10.2 Å². The number of benzene rings is 3. The number of amides is 1. The normalized spacial score (nSPS) is 10.8. The van der Waals surface area contributed by atoms with Crippen molar-refractivity contribution in [1.29, 1.82) is 0 Å². The molecule has 1 heterocycles. The van der Waals surface area contributed by atoms with Crippen LogP contribution >= 0.6 is 33.9 Å². The zero-order valence-electron chi connectivity index (χ0n) is 14.0. The minimum Gasteiger partial charge on any atom is -0.298 e. The highest BCUT2D eigenvalue weighted by molar-refractivity contribution is 14.1. The van der Waals surface area contributed by atoms with E-state index in [-0.39, 0.29) is 5.91 Å². The van der Waals surface area contributed by atoms with Gasteiger partial charge in [-0.2, -0.15) is 0 Å². The summed E-state index contributed by atoms with van der Waals surface area (Å²) < 4.78 is 2.23. The number of nitrogens with zero attached hydrogens (tertiary/aromatic N) is 1. The van der Waals surface area contributed by atoms with E-state index in [2.05, 4.69) is 51.1 Å². The van der Waals surface area contributed by atoms with Gasteiger partial charge in [-0.3, -0.25) is 10.1 Å². The number of thiazole rings is 1. The van der Waals surface area contributed by atoms with Crippen LogP contribution in [-0.4, -0.2) is 10.9 Å². The molecule has 26 heavy (non-hydrogen) atoms. The number of aromatic nitrogens is 1. The van der Waals surface area contributed by atoms with Crippen molar-refractivity contribution in [3.05, 3.63) is 81.4 Å². The van der Waals surface area contributed by atoms with Gasteiger partial charge in [0.2, 0.25) is 0 Å². The molecular weight excluding hydrogens is 455 g/mol. The summed E-state index contributed by atoms with van der Waals surface area (Å²) in [7, 11) is 0. The maximum Gasteiger partial charge on any atom is 0.257 e. The van der Waals surface area contributed by atoms with Crippen LogP contribution in [0, 0.1) is 10.5 Å². The van der Waals surface area contributed by atoms with Crippen LogP contribution in [0.4, 0.5) is 5.13 Å². The van der Waals surface area contributed by atoms with Crippen LogP contribution in [0.3, 0.4) is 0 Å². The molecule has 4 rings (SSSR count). The van der Waals surface area contributed by atoms with Gasteiger partial charge in [-0.25, -0.2) is 4.98 Å². The highest BCUT2D eigenvalue weighted by Gasteiger charge is 2.12. The van der Waals surface area contributed by atoms with E-state index in [1.165, 1.54) is 16.9 Å². The fourth-order valence-electron chi connectivity index (χ4n) is 2.78. The Morgan fingerprint density at radius 2 is 1.88 bits per heavy atom. The van der Waals surface area contributed by atoms with Crippen LogP contribution in [-0.2, 0) is 0 Å². The minimum absolute atomic E-state index is 0.145. The molecule has 1 amide bonds. The van der Waals surface area contributed by atoms with Crippen LogP contribution in [0.15, 0.2) is 66.7 Å². The Bertz CT molecular complexity index is 1120. The molecular formula is C21H15IN2OS. The molecule has 0 fully saturated rings. The third-order valence-corrected chi connectivity index (χ3v) is 5.95. The third kappa shape index (κ3) is 3.50. The topological polar surface area (TPSA) is 42.0 Å². The van der Waals surface area contributed by atoms with Crippen molar-refractivity contribution < 1.29 is 4.79 Å². The highest BCUT2D eigenvalue weighted by atomic mass is 127. The largest absolute Gasteiger partial charge is 0.298 e. The van der Waals surface area contributed by atoms with Crippen LogP contribution in [0.2, 0.25) is 0 Å². The fourth-order valence-corrected chi connectivity index (χ4v) is 4.44. The lowest BCUT2D eigenvalue weighted by Crippen LogP contribution is -2.11. The number of hydrogen-bond acceptors (Lipinski definition) is 3. The number of halogens is 1. The number of rotatable bonds is 3. The Morgan fingerprint density at radius 3 is 2.73 bits per heavy atom. The molecule has 128 valence electrons. The minimum atomic E-state index is -0.145. The maximum atomic E-state index is 12.7. The van der Waals surface area contributed by atoms with Crippen LogP contribution in [0.25, 0.3) is 21.3 Å². The lowest BCUT2D eigenvalue weighted by atomic mass is 10.0. The average Bonchev–Trinajstić information content (AvgIpc) is 3.03. The molecule has 3 aromatic carbocycles. The summed E-state index contributed by atoms with van der Waals surface area (Å²) >= 11 is 3.81. The molecule has 5 heteroatoms. The summed E-state index contributed by atoms with van der Waals surface area (Å²) in [4.78, 5) is 17.2. The molecule has 0 saturated carbocycles. The van der Waals surface area contributed by atoms with Gasteiger partial charge < -0.3 is 0 Å². The van der Waals surface area contributed by atoms with Gasteiger partial charge in [0.15, 0.2) is 5.13 Å². The Hall–Kier alpha value is -2.25. The summed E-state index contributed by atoms with van der Waals surface area (Å²) in [6, 6.07) is 21.9. The fraction of sp³-hybridized carbons (Fsp3) is 0.0476. The second-order valence-corrected chi connectivity index (χ2v) is 8.20. The number of aryl methyl sites for hydroxylation is 1. The zero-order valence-corrected chi connectivity index (χ0v) is 17.0. The molecule has 0 radical (unpaired) electrons. The zero-order chi connectivity index (χ0) is 18.1. The number of carbonyl (C=O) groups excluding carboxylic acids is 1. The van der Waals surface area contributed by atoms with E-state index < -0.39 is 0 Å². The van der Waals surface area contributed by atoms with Gasteiger partial charge in [-0.1, -0.05) is 47.7 Å². The van der Waals surface area contributed by atoms with E-state index in [9.17, 15) is 4.79 Å². The number of anilines is 1. The molecule has 3 nitrogen and oxygen atoms in total. The number of carbonyl (C=O) groups is 1.